The number of ether oxygens (including phenoxy) is 4. The van der Waals surface area contributed by atoms with E-state index < -0.39 is 97.5 Å². The van der Waals surface area contributed by atoms with Crippen LogP contribution in [0.25, 0.3) is 0 Å². The van der Waals surface area contributed by atoms with E-state index in [2.05, 4.69) is 41.5 Å². The summed E-state index contributed by atoms with van der Waals surface area (Å²) in [4.78, 5) is 72.1. The first kappa shape index (κ1) is 82.1. The number of phosphoric ester groups is 2. The minimum absolute atomic E-state index is 0.104. The van der Waals surface area contributed by atoms with Crippen LogP contribution in [0.2, 0.25) is 0 Å². The van der Waals surface area contributed by atoms with E-state index in [-0.39, 0.29) is 25.7 Å². The van der Waals surface area contributed by atoms with Gasteiger partial charge in [-0.1, -0.05) is 273 Å². The van der Waals surface area contributed by atoms with Gasteiger partial charge in [0.15, 0.2) is 12.2 Å². The molecule has 0 radical (unpaired) electrons. The second-order valence-corrected chi connectivity index (χ2v) is 27.1. The maximum absolute atomic E-state index is 13.0. The van der Waals surface area contributed by atoms with Crippen LogP contribution in [0.5, 0.6) is 0 Å². The molecule has 0 aliphatic carbocycles. The van der Waals surface area contributed by atoms with E-state index in [0.29, 0.717) is 25.7 Å². The van der Waals surface area contributed by atoms with Crippen LogP contribution in [0.4, 0.5) is 0 Å². The molecule has 6 atom stereocenters. The number of carbonyl (C=O) groups is 4. The van der Waals surface area contributed by atoms with Gasteiger partial charge in [-0.2, -0.15) is 0 Å². The predicted octanol–water partition coefficient (Wildman–Crippen LogP) is 18.0. The Morgan fingerprint density at radius 3 is 0.905 bits per heavy atom. The number of hydrogen-bond donors (Lipinski definition) is 3. The number of aliphatic hydroxyl groups excluding tert-OH is 1. The van der Waals surface area contributed by atoms with E-state index in [9.17, 15) is 43.2 Å². The topological polar surface area (TPSA) is 237 Å². The molecule has 0 bridgehead atoms. The fourth-order valence-corrected chi connectivity index (χ4v) is 11.3. The first-order valence-electron chi connectivity index (χ1n) is 34.0. The zero-order chi connectivity index (χ0) is 62.2. The standard InChI is InChI=1S/C65H126O17P2/c1-7-10-12-14-16-28-35-41-47-62(67)75-53-60(81-64(69)49-43-37-29-17-15-13-11-8-2)55-79-83(71,72)77-51-59(66)52-78-84(73,74)80-56-61(54-76-63(68)48-42-36-32-31-34-40-46-58(6)9-3)82-65(70)50-44-38-30-26-24-22-20-18-19-21-23-25-27-33-39-45-57(4)5/h57-61,66H,7-56H2,1-6H3,(H,71,72)(H,73,74)/t58?,59-,60+,61+/m0/s1. The highest BCUT2D eigenvalue weighted by Crippen LogP contribution is 2.45. The Morgan fingerprint density at radius 2 is 0.607 bits per heavy atom. The summed E-state index contributed by atoms with van der Waals surface area (Å²) in [6.07, 6.45) is 40.5. The number of aliphatic hydroxyl groups is 1. The van der Waals surface area contributed by atoms with Gasteiger partial charge in [0.05, 0.1) is 26.4 Å². The van der Waals surface area contributed by atoms with Crippen LogP contribution in [-0.4, -0.2) is 96.7 Å². The first-order valence-corrected chi connectivity index (χ1v) is 37.0. The zero-order valence-electron chi connectivity index (χ0n) is 54.2. The summed E-state index contributed by atoms with van der Waals surface area (Å²) in [5.74, 6) is -0.605. The molecule has 0 saturated heterocycles. The molecule has 0 aromatic heterocycles. The molecule has 3 N–H and O–H groups in total. The third kappa shape index (κ3) is 57.8. The monoisotopic (exact) mass is 1240 g/mol. The molecule has 0 aromatic carbocycles. The molecule has 0 amide bonds. The van der Waals surface area contributed by atoms with E-state index >= 15 is 0 Å². The maximum atomic E-state index is 13.0. The highest BCUT2D eigenvalue weighted by molar-refractivity contribution is 7.47. The quantitative estimate of drug-likeness (QED) is 0.0222. The van der Waals surface area contributed by atoms with Gasteiger partial charge in [0.1, 0.15) is 19.3 Å². The lowest BCUT2D eigenvalue weighted by atomic mass is 10.00. The van der Waals surface area contributed by atoms with Crippen molar-refractivity contribution in [3.63, 3.8) is 0 Å². The molecule has 3 unspecified atom stereocenters. The Hall–Kier alpha value is -1.94. The highest BCUT2D eigenvalue weighted by atomic mass is 31.2. The lowest BCUT2D eigenvalue weighted by Gasteiger charge is -2.21. The van der Waals surface area contributed by atoms with Crippen molar-refractivity contribution in [1.82, 2.24) is 0 Å². The molecule has 0 rings (SSSR count). The molecule has 0 aliphatic heterocycles. The third-order valence-corrected chi connectivity index (χ3v) is 17.2. The molecule has 17 nitrogen and oxygen atoms in total. The van der Waals surface area contributed by atoms with Crippen LogP contribution >= 0.6 is 15.6 Å². The number of hydrogen-bond acceptors (Lipinski definition) is 15. The number of unbranched alkanes of at least 4 members (excludes halogenated alkanes) is 33. The summed E-state index contributed by atoms with van der Waals surface area (Å²) in [6, 6.07) is 0. The number of esters is 4. The number of phosphoric acid groups is 2. The normalized spacial score (nSPS) is 14.6. The van der Waals surface area contributed by atoms with Crippen molar-refractivity contribution in [1.29, 1.82) is 0 Å². The molecule has 84 heavy (non-hydrogen) atoms. The summed E-state index contributed by atoms with van der Waals surface area (Å²) in [7, 11) is -9.88. The Morgan fingerprint density at radius 1 is 0.345 bits per heavy atom. The minimum atomic E-state index is -4.94. The Labute approximate surface area is 511 Å². The maximum Gasteiger partial charge on any atom is 0.472 e. The fourth-order valence-electron chi connectivity index (χ4n) is 9.68. The van der Waals surface area contributed by atoms with Crippen molar-refractivity contribution in [2.45, 2.75) is 342 Å². The van der Waals surface area contributed by atoms with Crippen LogP contribution in [-0.2, 0) is 65.4 Å². The predicted molar refractivity (Wildman–Crippen MR) is 335 cm³/mol. The molecule has 0 aliphatic rings. The van der Waals surface area contributed by atoms with Crippen molar-refractivity contribution in [2.24, 2.45) is 11.8 Å². The lowest BCUT2D eigenvalue weighted by molar-refractivity contribution is -0.161. The third-order valence-electron chi connectivity index (χ3n) is 15.3. The first-order chi connectivity index (χ1) is 40.4. The van der Waals surface area contributed by atoms with Crippen molar-refractivity contribution in [3.05, 3.63) is 0 Å². The van der Waals surface area contributed by atoms with E-state index in [0.717, 1.165) is 121 Å². The summed E-state index contributed by atoms with van der Waals surface area (Å²) in [5.41, 5.74) is 0. The van der Waals surface area contributed by atoms with E-state index in [1.54, 1.807) is 0 Å². The lowest BCUT2D eigenvalue weighted by Crippen LogP contribution is -2.30. The zero-order valence-corrected chi connectivity index (χ0v) is 56.0. The van der Waals surface area contributed by atoms with Gasteiger partial charge in [0.2, 0.25) is 0 Å². The van der Waals surface area contributed by atoms with E-state index in [4.69, 9.17) is 37.0 Å². The van der Waals surface area contributed by atoms with Gasteiger partial charge in [0, 0.05) is 25.7 Å². The molecular formula is C65H126O17P2. The number of carbonyl (C=O) groups excluding carboxylic acids is 4. The number of rotatable bonds is 64. The van der Waals surface area contributed by atoms with Gasteiger partial charge in [-0.15, -0.1) is 0 Å². The van der Waals surface area contributed by atoms with Crippen molar-refractivity contribution in [3.8, 4) is 0 Å². The molecule has 0 heterocycles. The fraction of sp³-hybridized carbons (Fsp3) is 0.938. The van der Waals surface area contributed by atoms with Gasteiger partial charge >= 0.3 is 39.5 Å². The Bertz CT molecular complexity index is 1650. The van der Waals surface area contributed by atoms with Crippen LogP contribution in [0, 0.1) is 11.8 Å². The van der Waals surface area contributed by atoms with Crippen LogP contribution in [0.1, 0.15) is 324 Å². The van der Waals surface area contributed by atoms with Gasteiger partial charge in [-0.3, -0.25) is 37.3 Å². The molecule has 0 spiro atoms. The van der Waals surface area contributed by atoms with Crippen molar-refractivity contribution < 1.29 is 80.2 Å². The van der Waals surface area contributed by atoms with Crippen molar-refractivity contribution >= 4 is 39.5 Å². The van der Waals surface area contributed by atoms with Crippen LogP contribution in [0.3, 0.4) is 0 Å². The second kappa shape index (κ2) is 57.5. The average Bonchev–Trinajstić information content (AvgIpc) is 3.47. The molecule has 0 saturated carbocycles. The van der Waals surface area contributed by atoms with Crippen LogP contribution in [0.15, 0.2) is 0 Å². The van der Waals surface area contributed by atoms with Gasteiger partial charge in [0.25, 0.3) is 0 Å². The molecular weight excluding hydrogens is 1110 g/mol. The molecule has 19 heteroatoms. The van der Waals surface area contributed by atoms with Gasteiger partial charge in [-0.05, 0) is 37.5 Å². The van der Waals surface area contributed by atoms with Gasteiger partial charge < -0.3 is 33.8 Å². The van der Waals surface area contributed by atoms with Crippen molar-refractivity contribution in [2.75, 3.05) is 39.6 Å². The Kier molecular flexibility index (Phi) is 56.2. The smallest absolute Gasteiger partial charge is 0.462 e. The molecule has 0 fully saturated rings. The average molecular weight is 1240 g/mol. The summed E-state index contributed by atoms with van der Waals surface area (Å²) in [6.45, 7) is 9.44. The summed E-state index contributed by atoms with van der Waals surface area (Å²) < 4.78 is 67.9. The highest BCUT2D eigenvalue weighted by Gasteiger charge is 2.30. The summed E-state index contributed by atoms with van der Waals surface area (Å²) in [5, 5.41) is 10.5. The van der Waals surface area contributed by atoms with Crippen LogP contribution < -0.4 is 0 Å². The minimum Gasteiger partial charge on any atom is -0.462 e. The second-order valence-electron chi connectivity index (χ2n) is 24.2. The summed E-state index contributed by atoms with van der Waals surface area (Å²) >= 11 is 0. The van der Waals surface area contributed by atoms with E-state index in [1.165, 1.54) is 122 Å². The van der Waals surface area contributed by atoms with Gasteiger partial charge in [-0.25, -0.2) is 9.13 Å². The molecule has 0 aromatic rings. The van der Waals surface area contributed by atoms with E-state index in [1.807, 2.05) is 0 Å². The SMILES string of the molecule is CCCCCCCCCCC(=O)OC[C@H](COP(=O)(O)OC[C@H](O)COP(=O)(O)OC[C@@H](COC(=O)CCCCCCCCC(C)CC)OC(=O)CCCCCCCCCCCCCCCCCC(C)C)OC(=O)CCCCCCCCCC. The molecule has 498 valence electrons. The Balaban J connectivity index is 5.16. The largest absolute Gasteiger partial charge is 0.472 e.